The molecule has 16 heavy (non-hydrogen) atoms. The first-order valence-corrected chi connectivity index (χ1v) is 6.23. The molecule has 0 amide bonds. The van der Waals surface area contributed by atoms with Gasteiger partial charge < -0.3 is 0 Å². The van der Waals surface area contributed by atoms with Crippen LogP contribution in [0.2, 0.25) is 0 Å². The molecule has 1 aromatic carbocycles. The summed E-state index contributed by atoms with van der Waals surface area (Å²) in [6.45, 7) is 8.26. The average molecular weight is 218 g/mol. The predicted molar refractivity (Wildman–Crippen MR) is 69.1 cm³/mol. The van der Waals surface area contributed by atoms with Gasteiger partial charge in [-0.3, -0.25) is 4.79 Å². The second-order valence-corrected chi connectivity index (χ2v) is 4.53. The number of aryl methyl sites for hydroxylation is 1. The van der Waals surface area contributed by atoms with Gasteiger partial charge in [0, 0.05) is 5.56 Å². The molecule has 0 radical (unpaired) electrons. The number of hydrogen-bond acceptors (Lipinski definition) is 1. The number of hydrogen-bond donors (Lipinski definition) is 0. The lowest BCUT2D eigenvalue weighted by atomic mass is 9.89. The van der Waals surface area contributed by atoms with E-state index in [4.69, 9.17) is 0 Å². The molecule has 0 aromatic heterocycles. The molecule has 0 aliphatic carbocycles. The maximum absolute atomic E-state index is 11.4. The summed E-state index contributed by atoms with van der Waals surface area (Å²) in [4.78, 5) is 11.4. The molecule has 0 aliphatic heterocycles. The maximum Gasteiger partial charge on any atom is 0.159 e. The summed E-state index contributed by atoms with van der Waals surface area (Å²) in [5.41, 5.74) is 3.61. The molecule has 0 saturated heterocycles. The van der Waals surface area contributed by atoms with Crippen LogP contribution in [0.15, 0.2) is 18.2 Å². The van der Waals surface area contributed by atoms with E-state index < -0.39 is 0 Å². The molecule has 88 valence electrons. The summed E-state index contributed by atoms with van der Waals surface area (Å²) < 4.78 is 0. The highest BCUT2D eigenvalue weighted by molar-refractivity contribution is 5.94. The fourth-order valence-corrected chi connectivity index (χ4v) is 1.99. The second kappa shape index (κ2) is 5.83. The van der Waals surface area contributed by atoms with Gasteiger partial charge in [-0.05, 0) is 42.9 Å². The Balaban J connectivity index is 3.15. The van der Waals surface area contributed by atoms with Gasteiger partial charge in [0.05, 0.1) is 0 Å². The van der Waals surface area contributed by atoms with Crippen LogP contribution in [0.5, 0.6) is 0 Å². The van der Waals surface area contributed by atoms with E-state index in [0.29, 0.717) is 5.92 Å². The molecular formula is C15H22O. The quantitative estimate of drug-likeness (QED) is 0.671. The van der Waals surface area contributed by atoms with Crippen molar-refractivity contribution in [2.45, 2.75) is 52.9 Å². The van der Waals surface area contributed by atoms with Crippen molar-refractivity contribution in [1.29, 1.82) is 0 Å². The van der Waals surface area contributed by atoms with E-state index in [0.717, 1.165) is 24.8 Å². The first kappa shape index (κ1) is 13.0. The minimum absolute atomic E-state index is 0.160. The van der Waals surface area contributed by atoms with Crippen molar-refractivity contribution in [2.75, 3.05) is 0 Å². The van der Waals surface area contributed by atoms with Gasteiger partial charge in [-0.1, -0.05) is 39.3 Å². The van der Waals surface area contributed by atoms with Crippen LogP contribution >= 0.6 is 0 Å². The second-order valence-electron chi connectivity index (χ2n) is 4.53. The van der Waals surface area contributed by atoms with Crippen LogP contribution < -0.4 is 0 Å². The monoisotopic (exact) mass is 218 g/mol. The Kier molecular flexibility index (Phi) is 4.72. The van der Waals surface area contributed by atoms with Crippen molar-refractivity contribution in [3.63, 3.8) is 0 Å². The largest absolute Gasteiger partial charge is 0.295 e. The zero-order valence-corrected chi connectivity index (χ0v) is 10.8. The summed E-state index contributed by atoms with van der Waals surface area (Å²) in [7, 11) is 0. The van der Waals surface area contributed by atoms with Crippen molar-refractivity contribution in [3.8, 4) is 0 Å². The third-order valence-corrected chi connectivity index (χ3v) is 3.22. The van der Waals surface area contributed by atoms with Crippen LogP contribution in [0.1, 0.15) is 67.9 Å². The lowest BCUT2D eigenvalue weighted by Crippen LogP contribution is -2.02. The molecule has 0 saturated carbocycles. The first-order valence-electron chi connectivity index (χ1n) is 6.23. The Hall–Kier alpha value is -1.11. The zero-order valence-electron chi connectivity index (χ0n) is 10.8. The minimum atomic E-state index is 0.160. The standard InChI is InChI=1S/C15H22O/c1-5-7-13-8-9-14(12(4)16)10-15(13)11(3)6-2/h8-11H,5-7H2,1-4H3. The van der Waals surface area contributed by atoms with Gasteiger partial charge in [0.2, 0.25) is 0 Å². The van der Waals surface area contributed by atoms with Crippen molar-refractivity contribution in [2.24, 2.45) is 0 Å². The number of benzene rings is 1. The van der Waals surface area contributed by atoms with Crippen molar-refractivity contribution in [3.05, 3.63) is 34.9 Å². The number of ketones is 1. The van der Waals surface area contributed by atoms with Gasteiger partial charge in [0.15, 0.2) is 5.78 Å². The Morgan fingerprint density at radius 2 is 2.00 bits per heavy atom. The van der Waals surface area contributed by atoms with Crippen LogP contribution in [-0.2, 0) is 6.42 Å². The van der Waals surface area contributed by atoms with Gasteiger partial charge in [0.25, 0.3) is 0 Å². The molecule has 0 N–H and O–H groups in total. The van der Waals surface area contributed by atoms with Crippen LogP contribution in [0.25, 0.3) is 0 Å². The van der Waals surface area contributed by atoms with E-state index >= 15 is 0 Å². The molecule has 1 atom stereocenters. The summed E-state index contributed by atoms with van der Waals surface area (Å²) in [5.74, 6) is 0.702. The highest BCUT2D eigenvalue weighted by Crippen LogP contribution is 2.25. The first-order chi connectivity index (χ1) is 7.60. The van der Waals surface area contributed by atoms with Gasteiger partial charge in [0.1, 0.15) is 0 Å². The van der Waals surface area contributed by atoms with Gasteiger partial charge in [-0.25, -0.2) is 0 Å². The van der Waals surface area contributed by atoms with E-state index in [1.54, 1.807) is 6.92 Å². The number of carbonyl (C=O) groups excluding carboxylic acids is 1. The Morgan fingerprint density at radius 1 is 1.31 bits per heavy atom. The lowest BCUT2D eigenvalue weighted by molar-refractivity contribution is 0.101. The van der Waals surface area contributed by atoms with E-state index in [-0.39, 0.29) is 5.78 Å². The van der Waals surface area contributed by atoms with Crippen molar-refractivity contribution in [1.82, 2.24) is 0 Å². The molecule has 1 aromatic rings. The van der Waals surface area contributed by atoms with Crippen molar-refractivity contribution >= 4 is 5.78 Å². The fourth-order valence-electron chi connectivity index (χ4n) is 1.99. The van der Waals surface area contributed by atoms with Crippen LogP contribution in [0.4, 0.5) is 0 Å². The normalized spacial score (nSPS) is 12.5. The van der Waals surface area contributed by atoms with Crippen LogP contribution in [0.3, 0.4) is 0 Å². The Bertz CT molecular complexity index is 366. The van der Waals surface area contributed by atoms with E-state index in [1.165, 1.54) is 11.1 Å². The van der Waals surface area contributed by atoms with E-state index in [2.05, 4.69) is 32.9 Å². The smallest absolute Gasteiger partial charge is 0.159 e. The maximum atomic E-state index is 11.4. The molecule has 1 unspecified atom stereocenters. The van der Waals surface area contributed by atoms with Crippen molar-refractivity contribution < 1.29 is 4.79 Å². The predicted octanol–water partition coefficient (Wildman–Crippen LogP) is 4.36. The molecule has 0 spiro atoms. The highest BCUT2D eigenvalue weighted by atomic mass is 16.1. The fraction of sp³-hybridized carbons (Fsp3) is 0.533. The molecule has 1 nitrogen and oxygen atoms in total. The third kappa shape index (κ3) is 2.94. The Morgan fingerprint density at radius 3 is 2.50 bits per heavy atom. The van der Waals surface area contributed by atoms with E-state index in [1.807, 2.05) is 6.07 Å². The third-order valence-electron chi connectivity index (χ3n) is 3.22. The van der Waals surface area contributed by atoms with E-state index in [9.17, 15) is 4.79 Å². The lowest BCUT2D eigenvalue weighted by Gasteiger charge is -2.15. The van der Waals surface area contributed by atoms with Gasteiger partial charge in [-0.2, -0.15) is 0 Å². The summed E-state index contributed by atoms with van der Waals surface area (Å²) in [6, 6.07) is 6.17. The molecule has 0 fully saturated rings. The highest BCUT2D eigenvalue weighted by Gasteiger charge is 2.11. The molecule has 1 heteroatoms. The molecule has 0 bridgehead atoms. The van der Waals surface area contributed by atoms with Crippen LogP contribution in [-0.4, -0.2) is 5.78 Å². The van der Waals surface area contributed by atoms with Gasteiger partial charge >= 0.3 is 0 Å². The SMILES string of the molecule is CCCc1ccc(C(C)=O)cc1C(C)CC. The molecule has 0 aliphatic rings. The average Bonchev–Trinajstić information content (AvgIpc) is 2.28. The van der Waals surface area contributed by atoms with Crippen LogP contribution in [0, 0.1) is 0 Å². The number of rotatable bonds is 5. The summed E-state index contributed by atoms with van der Waals surface area (Å²) in [5, 5.41) is 0. The molecule has 0 heterocycles. The number of carbonyl (C=O) groups is 1. The number of Topliss-reactive ketones (excluding diaryl/α,β-unsaturated/α-hetero) is 1. The zero-order chi connectivity index (χ0) is 12.1. The Labute approximate surface area is 98.9 Å². The molecule has 1 rings (SSSR count). The summed E-state index contributed by atoms with van der Waals surface area (Å²) in [6.07, 6.45) is 3.39. The summed E-state index contributed by atoms with van der Waals surface area (Å²) >= 11 is 0. The van der Waals surface area contributed by atoms with Gasteiger partial charge in [-0.15, -0.1) is 0 Å². The molecular weight excluding hydrogens is 196 g/mol. The topological polar surface area (TPSA) is 17.1 Å². The minimum Gasteiger partial charge on any atom is -0.295 e.